The Morgan fingerprint density at radius 2 is 2.10 bits per heavy atom. The van der Waals surface area contributed by atoms with Crippen LogP contribution in [0.25, 0.3) is 0 Å². The van der Waals surface area contributed by atoms with Crippen LogP contribution in [0.1, 0.15) is 20.3 Å². The second kappa shape index (κ2) is 9.90. The number of ether oxygens (including phenoxy) is 1. The molecule has 0 bridgehead atoms. The number of carbonyl (C=O) groups excluding carboxylic acids is 3. The van der Waals surface area contributed by atoms with Crippen molar-refractivity contribution in [2.75, 3.05) is 29.6 Å². The van der Waals surface area contributed by atoms with Crippen LogP contribution in [-0.2, 0) is 14.4 Å². The molecular weight excluding hydrogens is 426 g/mol. The van der Waals surface area contributed by atoms with E-state index in [0.29, 0.717) is 20.9 Å². The van der Waals surface area contributed by atoms with E-state index in [0.717, 1.165) is 0 Å². The lowest BCUT2D eigenvalue weighted by Gasteiger charge is -2.19. The van der Waals surface area contributed by atoms with Crippen LogP contribution in [0.4, 0.5) is 10.8 Å². The monoisotopic (exact) mass is 449 g/mol. The van der Waals surface area contributed by atoms with Crippen molar-refractivity contribution >= 4 is 51.6 Å². The molecular formula is C19H23N5O4S2. The van der Waals surface area contributed by atoms with E-state index in [9.17, 15) is 14.4 Å². The zero-order valence-corrected chi connectivity index (χ0v) is 18.5. The Morgan fingerprint density at radius 3 is 2.83 bits per heavy atom. The number of aromatic nitrogens is 2. The van der Waals surface area contributed by atoms with Crippen molar-refractivity contribution < 1.29 is 19.1 Å². The second-order valence-electron chi connectivity index (χ2n) is 6.95. The largest absolute Gasteiger partial charge is 0.495 e. The lowest BCUT2D eigenvalue weighted by atomic mass is 10.1. The number of methoxy groups -OCH3 is 1. The minimum absolute atomic E-state index is 0.0758. The molecule has 3 amide bonds. The van der Waals surface area contributed by atoms with Crippen LogP contribution in [0, 0.1) is 5.92 Å². The first-order valence-electron chi connectivity index (χ1n) is 9.37. The van der Waals surface area contributed by atoms with Crippen LogP contribution >= 0.6 is 23.1 Å². The SMILES string of the molecule is COc1ccccc1N1C[C@H](C(=O)Nc2nnc(SCC(=O)NC(C)C)s2)CC1=O. The molecule has 30 heavy (non-hydrogen) atoms. The number of anilines is 2. The van der Waals surface area contributed by atoms with Gasteiger partial charge in [0.25, 0.3) is 0 Å². The molecule has 0 aliphatic carbocycles. The van der Waals surface area contributed by atoms with Crippen molar-refractivity contribution in [3.63, 3.8) is 0 Å². The molecule has 0 spiro atoms. The first kappa shape index (κ1) is 22.0. The summed E-state index contributed by atoms with van der Waals surface area (Å²) in [5.74, 6) is -0.198. The smallest absolute Gasteiger partial charge is 0.231 e. The van der Waals surface area contributed by atoms with E-state index < -0.39 is 5.92 Å². The Labute approximate surface area is 182 Å². The fourth-order valence-corrected chi connectivity index (χ4v) is 4.55. The average molecular weight is 450 g/mol. The van der Waals surface area contributed by atoms with Gasteiger partial charge in [0, 0.05) is 19.0 Å². The zero-order chi connectivity index (χ0) is 21.7. The predicted molar refractivity (Wildman–Crippen MR) is 116 cm³/mol. The van der Waals surface area contributed by atoms with Crippen LogP contribution in [0.3, 0.4) is 0 Å². The topological polar surface area (TPSA) is 114 Å². The Hall–Kier alpha value is -2.66. The van der Waals surface area contributed by atoms with Gasteiger partial charge in [-0.15, -0.1) is 10.2 Å². The number of para-hydroxylation sites is 2. The van der Waals surface area contributed by atoms with Crippen molar-refractivity contribution in [1.82, 2.24) is 15.5 Å². The fraction of sp³-hybridized carbons (Fsp3) is 0.421. The van der Waals surface area contributed by atoms with Gasteiger partial charge in [-0.25, -0.2) is 0 Å². The summed E-state index contributed by atoms with van der Waals surface area (Å²) in [6.07, 6.45) is 0.111. The number of hydrogen-bond donors (Lipinski definition) is 2. The van der Waals surface area contributed by atoms with E-state index in [1.165, 1.54) is 23.1 Å². The van der Waals surface area contributed by atoms with E-state index in [1.54, 1.807) is 24.1 Å². The van der Waals surface area contributed by atoms with E-state index in [-0.39, 0.29) is 42.5 Å². The molecule has 1 fully saturated rings. The van der Waals surface area contributed by atoms with Crippen molar-refractivity contribution in [3.8, 4) is 5.75 Å². The average Bonchev–Trinajstić information content (AvgIpc) is 3.32. The van der Waals surface area contributed by atoms with E-state index in [4.69, 9.17) is 4.74 Å². The fourth-order valence-electron chi connectivity index (χ4n) is 2.99. The highest BCUT2D eigenvalue weighted by molar-refractivity contribution is 8.01. The molecule has 1 atom stereocenters. The number of nitrogens with zero attached hydrogens (tertiary/aromatic N) is 3. The first-order chi connectivity index (χ1) is 14.4. The number of carbonyl (C=O) groups is 3. The molecule has 3 rings (SSSR count). The normalized spacial score (nSPS) is 16.1. The minimum atomic E-state index is -0.501. The molecule has 0 saturated carbocycles. The van der Waals surface area contributed by atoms with Gasteiger partial charge in [-0.1, -0.05) is 35.2 Å². The first-order valence-corrected chi connectivity index (χ1v) is 11.2. The van der Waals surface area contributed by atoms with Crippen LogP contribution in [0.5, 0.6) is 5.75 Å². The molecule has 11 heteroatoms. The summed E-state index contributed by atoms with van der Waals surface area (Å²) < 4.78 is 5.90. The summed E-state index contributed by atoms with van der Waals surface area (Å²) >= 11 is 2.45. The number of amides is 3. The third kappa shape index (κ3) is 5.48. The van der Waals surface area contributed by atoms with E-state index in [1.807, 2.05) is 26.0 Å². The van der Waals surface area contributed by atoms with E-state index >= 15 is 0 Å². The minimum Gasteiger partial charge on any atom is -0.495 e. The summed E-state index contributed by atoms with van der Waals surface area (Å²) in [5, 5.41) is 13.8. The summed E-state index contributed by atoms with van der Waals surface area (Å²) in [4.78, 5) is 38.4. The number of nitrogens with one attached hydrogen (secondary N) is 2. The van der Waals surface area contributed by atoms with Gasteiger partial charge in [-0.2, -0.15) is 0 Å². The van der Waals surface area contributed by atoms with Gasteiger partial charge >= 0.3 is 0 Å². The van der Waals surface area contributed by atoms with Crippen LogP contribution in [-0.4, -0.2) is 53.4 Å². The van der Waals surface area contributed by atoms with Gasteiger partial charge in [0.1, 0.15) is 5.75 Å². The Kier molecular flexibility index (Phi) is 7.27. The molecule has 160 valence electrons. The summed E-state index contributed by atoms with van der Waals surface area (Å²) in [6, 6.07) is 7.29. The Bertz CT molecular complexity index is 933. The third-order valence-electron chi connectivity index (χ3n) is 4.28. The summed E-state index contributed by atoms with van der Waals surface area (Å²) in [7, 11) is 1.54. The van der Waals surface area contributed by atoms with Gasteiger partial charge in [0.2, 0.25) is 22.9 Å². The van der Waals surface area contributed by atoms with Crippen molar-refractivity contribution in [2.24, 2.45) is 5.92 Å². The summed E-state index contributed by atoms with van der Waals surface area (Å²) in [5.41, 5.74) is 0.648. The van der Waals surface area contributed by atoms with Crippen LogP contribution in [0.2, 0.25) is 0 Å². The van der Waals surface area contributed by atoms with Gasteiger partial charge < -0.3 is 20.3 Å². The molecule has 9 nitrogen and oxygen atoms in total. The molecule has 1 aromatic heterocycles. The lowest BCUT2D eigenvalue weighted by Crippen LogP contribution is -2.31. The molecule has 2 heterocycles. The molecule has 0 radical (unpaired) electrons. The molecule has 2 aromatic rings. The standard InChI is InChI=1S/C19H23N5O4S2/c1-11(2)20-15(25)10-29-19-23-22-18(30-19)21-17(27)12-8-16(26)24(9-12)13-6-4-5-7-14(13)28-3/h4-7,11-12H,8-10H2,1-3H3,(H,20,25)(H,21,22,27)/t12-/m1/s1. The Morgan fingerprint density at radius 1 is 1.33 bits per heavy atom. The number of hydrogen-bond acceptors (Lipinski definition) is 8. The van der Waals surface area contributed by atoms with Gasteiger partial charge in [-0.3, -0.25) is 14.4 Å². The van der Waals surface area contributed by atoms with Crippen LogP contribution < -0.4 is 20.3 Å². The third-order valence-corrected chi connectivity index (χ3v) is 6.26. The van der Waals surface area contributed by atoms with Gasteiger partial charge in [0.15, 0.2) is 4.34 Å². The molecule has 0 unspecified atom stereocenters. The molecule has 2 N–H and O–H groups in total. The summed E-state index contributed by atoms with van der Waals surface area (Å²) in [6.45, 7) is 4.05. The van der Waals surface area contributed by atoms with E-state index in [2.05, 4.69) is 20.8 Å². The maximum atomic E-state index is 12.6. The molecule has 1 saturated heterocycles. The second-order valence-corrected chi connectivity index (χ2v) is 9.15. The van der Waals surface area contributed by atoms with Gasteiger partial charge in [0.05, 0.1) is 24.5 Å². The molecule has 1 aliphatic heterocycles. The molecule has 1 aromatic carbocycles. The maximum Gasteiger partial charge on any atom is 0.231 e. The lowest BCUT2D eigenvalue weighted by molar-refractivity contribution is -0.122. The van der Waals surface area contributed by atoms with Crippen molar-refractivity contribution in [3.05, 3.63) is 24.3 Å². The Balaban J connectivity index is 1.56. The van der Waals surface area contributed by atoms with Crippen LogP contribution in [0.15, 0.2) is 28.6 Å². The number of thioether (sulfide) groups is 1. The maximum absolute atomic E-state index is 12.6. The highest BCUT2D eigenvalue weighted by atomic mass is 32.2. The van der Waals surface area contributed by atoms with Crippen molar-refractivity contribution in [2.45, 2.75) is 30.6 Å². The van der Waals surface area contributed by atoms with Gasteiger partial charge in [-0.05, 0) is 26.0 Å². The predicted octanol–water partition coefficient (Wildman–Crippen LogP) is 2.15. The zero-order valence-electron chi connectivity index (χ0n) is 16.9. The number of rotatable bonds is 8. The highest BCUT2D eigenvalue weighted by Crippen LogP contribution is 2.33. The molecule has 1 aliphatic rings. The highest BCUT2D eigenvalue weighted by Gasteiger charge is 2.36. The quantitative estimate of drug-likeness (QED) is 0.469. The van der Waals surface area contributed by atoms with Crippen molar-refractivity contribution in [1.29, 1.82) is 0 Å². The number of benzene rings is 1.